The Kier molecular flexibility index (Phi) is 2.55. The quantitative estimate of drug-likeness (QED) is 0.642. The van der Waals surface area contributed by atoms with Gasteiger partial charge < -0.3 is 0 Å². The summed E-state index contributed by atoms with van der Waals surface area (Å²) >= 11 is 0. The minimum atomic E-state index is -1.28. The Labute approximate surface area is 86.2 Å². The van der Waals surface area contributed by atoms with Crippen molar-refractivity contribution in [3.05, 3.63) is 30.3 Å². The molecule has 1 fully saturated rings. The number of rotatable bonds is 1. The molecule has 1 aromatic carbocycles. The van der Waals surface area contributed by atoms with Crippen LogP contribution in [0.3, 0.4) is 0 Å². The predicted octanol–water partition coefficient (Wildman–Crippen LogP) is 2.34. The molecule has 0 saturated carbocycles. The second-order valence-electron chi connectivity index (χ2n) is 4.47. The Bertz CT molecular complexity index is 321. The van der Waals surface area contributed by atoms with Crippen LogP contribution < -0.4 is 5.19 Å². The summed E-state index contributed by atoms with van der Waals surface area (Å²) < 4.78 is 0. The van der Waals surface area contributed by atoms with E-state index in [1.807, 2.05) is 0 Å². The maximum Gasteiger partial charge on any atom is 0.132 e. The van der Waals surface area contributed by atoms with Gasteiger partial charge >= 0.3 is 0 Å². The molecule has 0 spiro atoms. The fraction of sp³-hybridized carbons (Fsp3) is 0.417. The Morgan fingerprint density at radius 3 is 2.21 bits per heavy atom. The highest BCUT2D eigenvalue weighted by Crippen LogP contribution is 2.25. The fourth-order valence-electron chi connectivity index (χ4n) is 2.21. The van der Waals surface area contributed by atoms with Gasteiger partial charge in [0, 0.05) is 12.8 Å². The average molecular weight is 204 g/mol. The van der Waals surface area contributed by atoms with Gasteiger partial charge in [-0.15, -0.1) is 0 Å². The van der Waals surface area contributed by atoms with Gasteiger partial charge in [0.25, 0.3) is 0 Å². The predicted molar refractivity (Wildman–Crippen MR) is 61.5 cm³/mol. The third kappa shape index (κ3) is 1.80. The summed E-state index contributed by atoms with van der Waals surface area (Å²) in [5.74, 6) is 0.464. The lowest BCUT2D eigenvalue weighted by atomic mass is 10.2. The lowest BCUT2D eigenvalue weighted by molar-refractivity contribution is -0.118. The van der Waals surface area contributed by atoms with Gasteiger partial charge in [-0.2, -0.15) is 0 Å². The van der Waals surface area contributed by atoms with Crippen LogP contribution in [0.4, 0.5) is 0 Å². The summed E-state index contributed by atoms with van der Waals surface area (Å²) in [4.78, 5) is 11.2. The van der Waals surface area contributed by atoms with Crippen LogP contribution in [0.1, 0.15) is 12.8 Å². The van der Waals surface area contributed by atoms with E-state index in [0.29, 0.717) is 5.78 Å². The van der Waals surface area contributed by atoms with Crippen molar-refractivity contribution in [2.75, 3.05) is 0 Å². The zero-order valence-corrected chi connectivity index (χ0v) is 9.62. The number of hydrogen-bond acceptors (Lipinski definition) is 1. The second kappa shape index (κ2) is 3.69. The van der Waals surface area contributed by atoms with E-state index < -0.39 is 8.07 Å². The van der Waals surface area contributed by atoms with Crippen LogP contribution >= 0.6 is 0 Å². The molecule has 0 amide bonds. The summed E-state index contributed by atoms with van der Waals surface area (Å²) in [5, 5.41) is 1.52. The summed E-state index contributed by atoms with van der Waals surface area (Å²) in [6, 6.07) is 13.1. The molecule has 0 bridgehead atoms. The molecule has 0 radical (unpaired) electrons. The van der Waals surface area contributed by atoms with Crippen molar-refractivity contribution >= 4 is 19.0 Å². The molecule has 74 valence electrons. The zero-order valence-electron chi connectivity index (χ0n) is 8.62. The number of carbonyl (C=O) groups excluding carboxylic acids is 1. The van der Waals surface area contributed by atoms with E-state index in [1.165, 1.54) is 5.19 Å². The van der Waals surface area contributed by atoms with Gasteiger partial charge in [-0.3, -0.25) is 4.79 Å². The van der Waals surface area contributed by atoms with E-state index in [-0.39, 0.29) is 0 Å². The van der Waals surface area contributed by atoms with E-state index in [0.717, 1.165) is 24.9 Å². The van der Waals surface area contributed by atoms with E-state index in [2.05, 4.69) is 36.9 Å². The molecule has 1 aliphatic rings. The Morgan fingerprint density at radius 2 is 1.64 bits per heavy atom. The molecule has 1 aliphatic heterocycles. The topological polar surface area (TPSA) is 17.1 Å². The first kappa shape index (κ1) is 9.65. The lowest BCUT2D eigenvalue weighted by Crippen LogP contribution is -2.47. The second-order valence-corrected chi connectivity index (χ2v) is 9.16. The maximum atomic E-state index is 11.2. The first-order chi connectivity index (χ1) is 6.71. The SMILES string of the molecule is C[Si]1(c2ccccc2)CCC(=O)CC1. The van der Waals surface area contributed by atoms with E-state index in [1.54, 1.807) is 0 Å². The van der Waals surface area contributed by atoms with Crippen molar-refractivity contribution in [2.24, 2.45) is 0 Å². The summed E-state index contributed by atoms with van der Waals surface area (Å²) in [6.45, 7) is 2.41. The molecule has 1 aromatic rings. The van der Waals surface area contributed by atoms with Gasteiger partial charge in [-0.1, -0.05) is 42.1 Å². The van der Waals surface area contributed by atoms with Crippen molar-refractivity contribution < 1.29 is 4.79 Å². The van der Waals surface area contributed by atoms with Gasteiger partial charge in [0.2, 0.25) is 0 Å². The van der Waals surface area contributed by atoms with Crippen molar-refractivity contribution in [1.82, 2.24) is 0 Å². The molecule has 0 aliphatic carbocycles. The van der Waals surface area contributed by atoms with Crippen LogP contribution in [0.2, 0.25) is 18.6 Å². The van der Waals surface area contributed by atoms with Crippen LogP contribution in [-0.2, 0) is 4.79 Å². The molecule has 1 saturated heterocycles. The molecular formula is C12H16OSi. The minimum Gasteiger partial charge on any atom is -0.300 e. The molecule has 2 heteroatoms. The highest BCUT2D eigenvalue weighted by molar-refractivity contribution is 6.91. The Hall–Kier alpha value is -0.893. The highest BCUT2D eigenvalue weighted by Gasteiger charge is 2.33. The normalized spacial score (nSPS) is 20.8. The first-order valence-corrected chi connectivity index (χ1v) is 8.19. The van der Waals surface area contributed by atoms with Crippen molar-refractivity contribution in [3.63, 3.8) is 0 Å². The van der Waals surface area contributed by atoms with Crippen LogP contribution in [0.15, 0.2) is 30.3 Å². The Morgan fingerprint density at radius 1 is 1.07 bits per heavy atom. The molecule has 0 atom stereocenters. The fourth-order valence-corrected chi connectivity index (χ4v) is 5.70. The van der Waals surface area contributed by atoms with Gasteiger partial charge in [0.15, 0.2) is 0 Å². The number of ketones is 1. The van der Waals surface area contributed by atoms with Crippen molar-refractivity contribution in [1.29, 1.82) is 0 Å². The number of carbonyl (C=O) groups is 1. The van der Waals surface area contributed by atoms with Crippen LogP contribution in [0, 0.1) is 0 Å². The maximum absolute atomic E-state index is 11.2. The Balaban J connectivity index is 2.21. The van der Waals surface area contributed by atoms with Crippen LogP contribution in [0.5, 0.6) is 0 Å². The summed E-state index contributed by atoms with van der Waals surface area (Å²) in [6.07, 6.45) is 1.63. The van der Waals surface area contributed by atoms with Crippen molar-refractivity contribution in [3.8, 4) is 0 Å². The molecular weight excluding hydrogens is 188 g/mol. The number of Topliss-reactive ketones (excluding diaryl/α,β-unsaturated/α-hetero) is 1. The van der Waals surface area contributed by atoms with Crippen LogP contribution in [-0.4, -0.2) is 13.9 Å². The monoisotopic (exact) mass is 204 g/mol. The standard InChI is InChI=1S/C12H16OSi/c1-14(9-7-11(13)8-10-14)12-5-3-2-4-6-12/h2-6H,7-10H2,1H3. The third-order valence-electron chi connectivity index (χ3n) is 3.38. The lowest BCUT2D eigenvalue weighted by Gasteiger charge is -2.31. The van der Waals surface area contributed by atoms with E-state index >= 15 is 0 Å². The van der Waals surface area contributed by atoms with Gasteiger partial charge in [-0.05, 0) is 12.1 Å². The van der Waals surface area contributed by atoms with Gasteiger partial charge in [0.05, 0.1) is 8.07 Å². The number of benzene rings is 1. The highest BCUT2D eigenvalue weighted by atomic mass is 28.3. The van der Waals surface area contributed by atoms with Crippen molar-refractivity contribution in [2.45, 2.75) is 31.5 Å². The molecule has 2 rings (SSSR count). The summed E-state index contributed by atoms with van der Waals surface area (Å²) in [5.41, 5.74) is 0. The minimum absolute atomic E-state index is 0.464. The van der Waals surface area contributed by atoms with E-state index in [4.69, 9.17) is 0 Å². The van der Waals surface area contributed by atoms with Gasteiger partial charge in [-0.25, -0.2) is 0 Å². The molecule has 0 unspecified atom stereocenters. The zero-order chi connectivity index (χ0) is 10.0. The molecule has 1 nitrogen and oxygen atoms in total. The van der Waals surface area contributed by atoms with Crippen LogP contribution in [0.25, 0.3) is 0 Å². The molecule has 14 heavy (non-hydrogen) atoms. The summed E-state index contributed by atoms with van der Waals surface area (Å²) in [7, 11) is -1.28. The molecule has 0 N–H and O–H groups in total. The number of hydrogen-bond donors (Lipinski definition) is 0. The van der Waals surface area contributed by atoms with Gasteiger partial charge in [0.1, 0.15) is 5.78 Å². The third-order valence-corrected chi connectivity index (χ3v) is 7.82. The van der Waals surface area contributed by atoms with E-state index in [9.17, 15) is 4.79 Å². The first-order valence-electron chi connectivity index (χ1n) is 5.28. The molecule has 0 aromatic heterocycles. The average Bonchev–Trinajstić information content (AvgIpc) is 2.24. The molecule has 1 heterocycles. The largest absolute Gasteiger partial charge is 0.300 e. The smallest absolute Gasteiger partial charge is 0.132 e.